The van der Waals surface area contributed by atoms with Crippen LogP contribution in [0.5, 0.6) is 0 Å². The summed E-state index contributed by atoms with van der Waals surface area (Å²) in [5.74, 6) is -1.12. The lowest BCUT2D eigenvalue weighted by molar-refractivity contribution is -0.148. The largest absolute Gasteiger partial charge is 0.480 e. The van der Waals surface area contributed by atoms with Crippen LogP contribution in [-0.4, -0.2) is 44.1 Å². The molecule has 7 heteroatoms. The van der Waals surface area contributed by atoms with Crippen LogP contribution >= 0.6 is 11.5 Å². The minimum atomic E-state index is -0.948. The van der Waals surface area contributed by atoms with Crippen LogP contribution in [0.4, 0.5) is 0 Å². The molecule has 1 aromatic heterocycles. The first-order chi connectivity index (χ1) is 9.75. The second-order valence-corrected chi connectivity index (χ2v) is 7.23. The van der Waals surface area contributed by atoms with Gasteiger partial charge in [0.15, 0.2) is 0 Å². The van der Waals surface area contributed by atoms with Crippen molar-refractivity contribution in [3.05, 3.63) is 10.6 Å². The lowest BCUT2D eigenvalue weighted by atomic mass is 9.76. The van der Waals surface area contributed by atoms with Crippen LogP contribution in [0.15, 0.2) is 0 Å². The fourth-order valence-corrected chi connectivity index (χ4v) is 3.71. The Kier molecular flexibility index (Phi) is 4.32. The summed E-state index contributed by atoms with van der Waals surface area (Å²) in [7, 11) is 0. The summed E-state index contributed by atoms with van der Waals surface area (Å²) in [6, 6.07) is -0.805. The fraction of sp³-hybridized carbons (Fsp3) is 0.714. The molecule has 1 atom stereocenters. The molecule has 1 aromatic rings. The molecule has 1 fully saturated rings. The number of carbonyl (C=O) groups is 2. The molecular formula is C14H21N3O3S. The number of piperidine rings is 1. The molecule has 0 saturated carbocycles. The Morgan fingerprint density at radius 2 is 2.10 bits per heavy atom. The molecule has 1 saturated heterocycles. The number of rotatable bonds is 3. The highest BCUT2D eigenvalue weighted by Crippen LogP contribution is 2.36. The third-order valence-electron chi connectivity index (χ3n) is 4.02. The molecular weight excluding hydrogens is 290 g/mol. The molecule has 1 unspecified atom stereocenters. The van der Waals surface area contributed by atoms with Crippen molar-refractivity contribution < 1.29 is 14.7 Å². The third-order valence-corrected chi connectivity index (χ3v) is 4.75. The number of nitrogens with zero attached hydrogens (tertiary/aromatic N) is 3. The van der Waals surface area contributed by atoms with Gasteiger partial charge in [-0.3, -0.25) is 4.79 Å². The van der Waals surface area contributed by atoms with Crippen LogP contribution in [0.2, 0.25) is 0 Å². The Morgan fingerprint density at radius 3 is 2.67 bits per heavy atom. The van der Waals surface area contributed by atoms with E-state index >= 15 is 0 Å². The van der Waals surface area contributed by atoms with Crippen LogP contribution in [0, 0.1) is 5.41 Å². The summed E-state index contributed by atoms with van der Waals surface area (Å²) in [6.45, 7) is 8.17. The lowest BCUT2D eigenvalue weighted by Gasteiger charge is -2.43. The first-order valence-electron chi connectivity index (χ1n) is 7.11. The maximum atomic E-state index is 12.8. The molecule has 2 rings (SSSR count). The van der Waals surface area contributed by atoms with Crippen LogP contribution in [-0.2, 0) is 4.79 Å². The molecule has 116 valence electrons. The summed E-state index contributed by atoms with van der Waals surface area (Å²) < 4.78 is 3.86. The zero-order valence-electron chi connectivity index (χ0n) is 12.8. The normalized spacial score (nSPS) is 21.6. The van der Waals surface area contributed by atoms with Gasteiger partial charge in [-0.15, -0.1) is 5.10 Å². The summed E-state index contributed by atoms with van der Waals surface area (Å²) >= 11 is 1.05. The van der Waals surface area contributed by atoms with Crippen molar-refractivity contribution in [2.45, 2.75) is 52.5 Å². The Bertz CT molecular complexity index is 553. The Balaban J connectivity index is 2.36. The van der Waals surface area contributed by atoms with E-state index in [-0.39, 0.29) is 11.8 Å². The van der Waals surface area contributed by atoms with E-state index in [0.717, 1.165) is 24.4 Å². The van der Waals surface area contributed by atoms with E-state index in [9.17, 15) is 14.7 Å². The molecule has 21 heavy (non-hydrogen) atoms. The van der Waals surface area contributed by atoms with Crippen molar-refractivity contribution in [3.8, 4) is 0 Å². The van der Waals surface area contributed by atoms with Gasteiger partial charge in [0, 0.05) is 6.54 Å². The van der Waals surface area contributed by atoms with Crippen LogP contribution in [0.3, 0.4) is 0 Å². The van der Waals surface area contributed by atoms with E-state index in [1.807, 2.05) is 27.7 Å². The van der Waals surface area contributed by atoms with E-state index in [2.05, 4.69) is 9.59 Å². The van der Waals surface area contributed by atoms with Crippen LogP contribution < -0.4 is 0 Å². The molecule has 6 nitrogen and oxygen atoms in total. The number of aliphatic carboxylic acids is 1. The first kappa shape index (κ1) is 15.9. The molecule has 2 heterocycles. The van der Waals surface area contributed by atoms with Crippen LogP contribution in [0.25, 0.3) is 0 Å². The van der Waals surface area contributed by atoms with E-state index in [1.165, 1.54) is 4.90 Å². The minimum Gasteiger partial charge on any atom is -0.480 e. The van der Waals surface area contributed by atoms with Gasteiger partial charge in [-0.2, -0.15) is 0 Å². The molecule has 0 aliphatic carbocycles. The van der Waals surface area contributed by atoms with Crippen molar-refractivity contribution in [2.24, 2.45) is 5.41 Å². The van der Waals surface area contributed by atoms with Crippen LogP contribution in [0.1, 0.15) is 61.8 Å². The van der Waals surface area contributed by atoms with Gasteiger partial charge >= 0.3 is 5.97 Å². The molecule has 0 radical (unpaired) electrons. The Labute approximate surface area is 128 Å². The van der Waals surface area contributed by atoms with Crippen molar-refractivity contribution in [3.63, 3.8) is 0 Å². The topological polar surface area (TPSA) is 83.4 Å². The predicted octanol–water partition coefficient (Wildman–Crippen LogP) is 2.38. The molecule has 0 bridgehead atoms. The molecule has 0 spiro atoms. The van der Waals surface area contributed by atoms with Gasteiger partial charge in [0.1, 0.15) is 10.9 Å². The highest BCUT2D eigenvalue weighted by Gasteiger charge is 2.45. The Hall–Kier alpha value is -1.50. The summed E-state index contributed by atoms with van der Waals surface area (Å²) in [4.78, 5) is 26.4. The van der Waals surface area contributed by atoms with Gasteiger partial charge < -0.3 is 10.0 Å². The van der Waals surface area contributed by atoms with Gasteiger partial charge in [0.2, 0.25) is 0 Å². The summed E-state index contributed by atoms with van der Waals surface area (Å²) in [5, 5.41) is 13.6. The second kappa shape index (κ2) is 5.71. The molecule has 1 amide bonds. The number of carboxylic acids is 1. The maximum absolute atomic E-state index is 12.8. The van der Waals surface area contributed by atoms with E-state index in [1.54, 1.807) is 0 Å². The first-order valence-corrected chi connectivity index (χ1v) is 7.89. The van der Waals surface area contributed by atoms with Gasteiger partial charge in [-0.1, -0.05) is 32.2 Å². The standard InChI is InChI=1S/C14H21N3O3S/c1-8(2)9-10(21-16-15-9)12(18)17-7-5-6-14(3,4)11(17)13(19)20/h8,11H,5-7H2,1-4H3,(H,19,20). The third kappa shape index (κ3) is 2.92. The SMILES string of the molecule is CC(C)c1nnsc1C(=O)N1CCCC(C)(C)C1C(=O)O. The number of hydrogen-bond donors (Lipinski definition) is 1. The van der Waals surface area contributed by atoms with Crippen molar-refractivity contribution in [1.82, 2.24) is 14.5 Å². The van der Waals surface area contributed by atoms with Crippen molar-refractivity contribution in [2.75, 3.05) is 6.54 Å². The molecule has 1 aliphatic rings. The second-order valence-electron chi connectivity index (χ2n) is 6.47. The average Bonchev–Trinajstić information content (AvgIpc) is 2.85. The molecule has 1 aliphatic heterocycles. The highest BCUT2D eigenvalue weighted by atomic mass is 32.1. The lowest BCUT2D eigenvalue weighted by Crippen LogP contribution is -2.56. The van der Waals surface area contributed by atoms with E-state index < -0.39 is 17.4 Å². The summed E-state index contributed by atoms with van der Waals surface area (Å²) in [5.41, 5.74) is 0.216. The van der Waals surface area contributed by atoms with Crippen molar-refractivity contribution in [1.29, 1.82) is 0 Å². The monoisotopic (exact) mass is 311 g/mol. The van der Waals surface area contributed by atoms with Crippen molar-refractivity contribution >= 4 is 23.4 Å². The smallest absolute Gasteiger partial charge is 0.326 e. The van der Waals surface area contributed by atoms with Gasteiger partial charge in [0.25, 0.3) is 5.91 Å². The van der Waals surface area contributed by atoms with E-state index in [4.69, 9.17) is 0 Å². The number of carboxylic acid groups (broad SMARTS) is 1. The maximum Gasteiger partial charge on any atom is 0.326 e. The minimum absolute atomic E-state index is 0.0868. The molecule has 0 aromatic carbocycles. The molecule has 1 N–H and O–H groups in total. The average molecular weight is 311 g/mol. The zero-order valence-corrected chi connectivity index (χ0v) is 13.6. The highest BCUT2D eigenvalue weighted by molar-refractivity contribution is 7.08. The number of amides is 1. The Morgan fingerprint density at radius 1 is 1.43 bits per heavy atom. The number of carbonyl (C=O) groups excluding carboxylic acids is 1. The summed E-state index contributed by atoms with van der Waals surface area (Å²) in [6.07, 6.45) is 1.61. The number of hydrogen-bond acceptors (Lipinski definition) is 5. The van der Waals surface area contributed by atoms with E-state index in [0.29, 0.717) is 17.1 Å². The zero-order chi connectivity index (χ0) is 15.8. The fourth-order valence-electron chi connectivity index (χ4n) is 2.93. The van der Waals surface area contributed by atoms with Gasteiger partial charge in [-0.25, -0.2) is 4.79 Å². The quantitative estimate of drug-likeness (QED) is 0.926. The number of aromatic nitrogens is 2. The van der Waals surface area contributed by atoms with Gasteiger partial charge in [-0.05, 0) is 35.7 Å². The predicted molar refractivity (Wildman–Crippen MR) is 79.5 cm³/mol. The van der Waals surface area contributed by atoms with Gasteiger partial charge in [0.05, 0.1) is 5.69 Å². The number of likely N-dealkylation sites (tertiary alicyclic amines) is 1.